The zero-order valence-corrected chi connectivity index (χ0v) is 15.8. The number of carbonyl (C=O) groups excluding carboxylic acids is 1. The van der Waals surface area contributed by atoms with E-state index in [0.29, 0.717) is 23.5 Å². The third-order valence-electron chi connectivity index (χ3n) is 4.75. The lowest BCUT2D eigenvalue weighted by Gasteiger charge is -2.27. The predicted molar refractivity (Wildman–Crippen MR) is 102 cm³/mol. The summed E-state index contributed by atoms with van der Waals surface area (Å²) in [6.07, 6.45) is 0.305. The van der Waals surface area contributed by atoms with Gasteiger partial charge in [0.1, 0.15) is 12.4 Å². The Bertz CT molecular complexity index is 866. The molecule has 7 heteroatoms. The van der Waals surface area contributed by atoms with E-state index in [9.17, 15) is 14.7 Å². The first kappa shape index (κ1) is 19.5. The van der Waals surface area contributed by atoms with Gasteiger partial charge in [-0.25, -0.2) is 0 Å². The van der Waals surface area contributed by atoms with Gasteiger partial charge in [-0.3, -0.25) is 9.59 Å². The van der Waals surface area contributed by atoms with Gasteiger partial charge in [0, 0.05) is 0 Å². The van der Waals surface area contributed by atoms with Crippen LogP contribution in [0, 0.1) is 5.92 Å². The fourth-order valence-corrected chi connectivity index (χ4v) is 3.28. The van der Waals surface area contributed by atoms with Gasteiger partial charge in [-0.05, 0) is 35.7 Å². The van der Waals surface area contributed by atoms with E-state index in [1.807, 2.05) is 24.3 Å². The van der Waals surface area contributed by atoms with Crippen LogP contribution in [0.1, 0.15) is 23.6 Å². The van der Waals surface area contributed by atoms with Crippen molar-refractivity contribution in [2.45, 2.75) is 18.9 Å². The molecule has 2 N–H and O–H groups in total. The van der Waals surface area contributed by atoms with Crippen molar-refractivity contribution in [2.24, 2.45) is 5.92 Å². The Hall–Kier alpha value is -3.22. The number of hydrogen-bond acceptors (Lipinski definition) is 5. The standard InChI is InChI=1S/C21H23NO6/c1-26-18-8-7-13(10-19(18)27-2)16(11-20(23)24)22-21(25)15-9-14-5-3-4-6-17(14)28-12-15/h3-8,10,15-16H,9,11-12H2,1-2H3,(H,22,25)(H,23,24)/t15-,16+/m1/s1. The molecule has 0 fully saturated rings. The number of benzene rings is 2. The summed E-state index contributed by atoms with van der Waals surface area (Å²) in [6.45, 7) is 0.259. The van der Waals surface area contributed by atoms with Crippen LogP contribution in [0.15, 0.2) is 42.5 Å². The van der Waals surface area contributed by atoms with Crippen LogP contribution in [0.25, 0.3) is 0 Å². The molecule has 2 atom stereocenters. The molecule has 148 valence electrons. The number of carboxylic acids is 1. The van der Waals surface area contributed by atoms with Gasteiger partial charge in [-0.2, -0.15) is 0 Å². The third kappa shape index (κ3) is 4.36. The lowest BCUT2D eigenvalue weighted by atomic mass is 9.95. The molecule has 3 rings (SSSR count). The molecule has 0 bridgehead atoms. The highest BCUT2D eigenvalue weighted by Crippen LogP contribution is 2.32. The summed E-state index contributed by atoms with van der Waals surface area (Å²) in [4.78, 5) is 24.2. The van der Waals surface area contributed by atoms with E-state index in [4.69, 9.17) is 14.2 Å². The maximum atomic E-state index is 12.8. The molecule has 28 heavy (non-hydrogen) atoms. The van der Waals surface area contributed by atoms with Crippen LogP contribution < -0.4 is 19.5 Å². The number of amides is 1. The van der Waals surface area contributed by atoms with Crippen LogP contribution in [0.2, 0.25) is 0 Å². The second-order valence-corrected chi connectivity index (χ2v) is 6.59. The molecule has 1 amide bonds. The van der Waals surface area contributed by atoms with Crippen LogP contribution in [-0.2, 0) is 16.0 Å². The zero-order valence-electron chi connectivity index (χ0n) is 15.8. The largest absolute Gasteiger partial charge is 0.493 e. The number of hydrogen-bond donors (Lipinski definition) is 2. The van der Waals surface area contributed by atoms with Gasteiger partial charge in [0.05, 0.1) is 32.6 Å². The van der Waals surface area contributed by atoms with Gasteiger partial charge in [-0.15, -0.1) is 0 Å². The number of carboxylic acid groups (broad SMARTS) is 1. The third-order valence-corrected chi connectivity index (χ3v) is 4.75. The molecule has 0 spiro atoms. The molecule has 7 nitrogen and oxygen atoms in total. The van der Waals surface area contributed by atoms with Gasteiger partial charge in [0.25, 0.3) is 0 Å². The first-order valence-electron chi connectivity index (χ1n) is 8.96. The molecule has 2 aromatic carbocycles. The van der Waals surface area contributed by atoms with Gasteiger partial charge in [-0.1, -0.05) is 24.3 Å². The lowest BCUT2D eigenvalue weighted by molar-refractivity contribution is -0.138. The summed E-state index contributed by atoms with van der Waals surface area (Å²) >= 11 is 0. The Kier molecular flexibility index (Phi) is 6.03. The normalized spacial score (nSPS) is 16.3. The van der Waals surface area contributed by atoms with Gasteiger partial charge < -0.3 is 24.6 Å². The smallest absolute Gasteiger partial charge is 0.305 e. The number of para-hydroxylation sites is 1. The van der Waals surface area contributed by atoms with Gasteiger partial charge in [0.2, 0.25) is 5.91 Å². The van der Waals surface area contributed by atoms with Crippen molar-refractivity contribution >= 4 is 11.9 Å². The molecular formula is C21H23NO6. The van der Waals surface area contributed by atoms with Crippen molar-refractivity contribution in [2.75, 3.05) is 20.8 Å². The zero-order chi connectivity index (χ0) is 20.1. The molecule has 2 aromatic rings. The maximum Gasteiger partial charge on any atom is 0.305 e. The molecular weight excluding hydrogens is 362 g/mol. The molecule has 0 aromatic heterocycles. The number of fused-ring (bicyclic) bond motifs is 1. The van der Waals surface area contributed by atoms with Crippen LogP contribution in [0.3, 0.4) is 0 Å². The highest BCUT2D eigenvalue weighted by atomic mass is 16.5. The SMILES string of the molecule is COc1ccc([C@H](CC(=O)O)NC(=O)[C@H]2COc3ccccc3C2)cc1OC. The van der Waals surface area contributed by atoms with Crippen LogP contribution in [-0.4, -0.2) is 37.8 Å². The fourth-order valence-electron chi connectivity index (χ4n) is 3.28. The highest BCUT2D eigenvalue weighted by Gasteiger charge is 2.28. The number of ether oxygens (including phenoxy) is 3. The summed E-state index contributed by atoms with van der Waals surface area (Å²) in [5.41, 5.74) is 1.60. The first-order chi connectivity index (χ1) is 13.5. The Morgan fingerprint density at radius 2 is 1.93 bits per heavy atom. The van der Waals surface area contributed by atoms with E-state index in [2.05, 4.69) is 5.32 Å². The quantitative estimate of drug-likeness (QED) is 0.761. The topological polar surface area (TPSA) is 94.1 Å². The van der Waals surface area contributed by atoms with Crippen molar-refractivity contribution in [1.29, 1.82) is 0 Å². The van der Waals surface area contributed by atoms with Crippen molar-refractivity contribution in [3.05, 3.63) is 53.6 Å². The number of methoxy groups -OCH3 is 2. The number of carbonyl (C=O) groups is 2. The molecule has 0 saturated carbocycles. The Morgan fingerprint density at radius 1 is 1.18 bits per heavy atom. The monoisotopic (exact) mass is 385 g/mol. The Morgan fingerprint density at radius 3 is 2.64 bits per heavy atom. The summed E-state index contributed by atoms with van der Waals surface area (Å²) in [5, 5.41) is 12.2. The average molecular weight is 385 g/mol. The van der Waals surface area contributed by atoms with Crippen molar-refractivity contribution in [3.8, 4) is 17.2 Å². The van der Waals surface area contributed by atoms with Crippen LogP contribution in [0.4, 0.5) is 0 Å². The van der Waals surface area contributed by atoms with Crippen molar-refractivity contribution in [3.63, 3.8) is 0 Å². The molecule has 0 saturated heterocycles. The van der Waals surface area contributed by atoms with E-state index in [1.54, 1.807) is 18.2 Å². The van der Waals surface area contributed by atoms with Gasteiger partial charge >= 0.3 is 5.97 Å². The molecule has 1 aliphatic rings. The minimum atomic E-state index is -1.01. The van der Waals surface area contributed by atoms with Crippen LogP contribution >= 0.6 is 0 Å². The maximum absolute atomic E-state index is 12.8. The number of rotatable bonds is 7. The summed E-state index contributed by atoms with van der Waals surface area (Å²) in [7, 11) is 3.03. The summed E-state index contributed by atoms with van der Waals surface area (Å²) in [6, 6.07) is 12.0. The molecule has 1 aliphatic heterocycles. The van der Waals surface area contributed by atoms with E-state index in [0.717, 1.165) is 11.3 Å². The van der Waals surface area contributed by atoms with E-state index < -0.39 is 12.0 Å². The van der Waals surface area contributed by atoms with Gasteiger partial charge in [0.15, 0.2) is 11.5 Å². The minimum Gasteiger partial charge on any atom is -0.493 e. The van der Waals surface area contributed by atoms with E-state index in [1.165, 1.54) is 14.2 Å². The Balaban J connectivity index is 1.78. The summed E-state index contributed by atoms with van der Waals surface area (Å²) in [5.74, 6) is 0.157. The average Bonchev–Trinajstić information content (AvgIpc) is 2.71. The van der Waals surface area contributed by atoms with Crippen molar-refractivity contribution in [1.82, 2.24) is 5.32 Å². The van der Waals surface area contributed by atoms with Crippen LogP contribution in [0.5, 0.6) is 17.2 Å². The van der Waals surface area contributed by atoms with E-state index >= 15 is 0 Å². The molecule has 1 heterocycles. The Labute approximate surface area is 163 Å². The second kappa shape index (κ2) is 8.65. The molecule has 0 radical (unpaired) electrons. The van der Waals surface area contributed by atoms with Crippen molar-refractivity contribution < 1.29 is 28.9 Å². The molecule has 0 aliphatic carbocycles. The van der Waals surface area contributed by atoms with E-state index in [-0.39, 0.29) is 24.9 Å². The second-order valence-electron chi connectivity index (χ2n) is 6.59. The number of nitrogens with one attached hydrogen (secondary N) is 1. The fraction of sp³-hybridized carbons (Fsp3) is 0.333. The molecule has 0 unspecified atom stereocenters. The first-order valence-corrected chi connectivity index (χ1v) is 8.96. The minimum absolute atomic E-state index is 0.240. The lowest BCUT2D eigenvalue weighted by Crippen LogP contribution is -2.39. The highest BCUT2D eigenvalue weighted by molar-refractivity contribution is 5.81. The number of aliphatic carboxylic acids is 1. The predicted octanol–water partition coefficient (Wildman–Crippen LogP) is 2.59. The summed E-state index contributed by atoms with van der Waals surface area (Å²) < 4.78 is 16.2.